The van der Waals surface area contributed by atoms with Gasteiger partial charge >= 0.3 is 30.1 Å². The average Bonchev–Trinajstić information content (AvgIpc) is 3.55. The van der Waals surface area contributed by atoms with Gasteiger partial charge in [-0.1, -0.05) is 12.2 Å². The van der Waals surface area contributed by atoms with Gasteiger partial charge in [-0.3, -0.25) is 24.2 Å². The zero-order chi connectivity index (χ0) is 52.1. The van der Waals surface area contributed by atoms with Gasteiger partial charge in [0.25, 0.3) is 14.4 Å². The number of amides is 3. The second kappa shape index (κ2) is 18.0. The Morgan fingerprint density at radius 1 is 0.789 bits per heavy atom. The largest absolute Gasteiger partial charge is 0.471 e. The van der Waals surface area contributed by atoms with E-state index in [1.807, 2.05) is 27.7 Å². The van der Waals surface area contributed by atoms with Crippen LogP contribution in [0.5, 0.6) is 11.5 Å². The number of rotatable bonds is 9. The van der Waals surface area contributed by atoms with Crippen molar-refractivity contribution >= 4 is 54.7 Å². The van der Waals surface area contributed by atoms with Crippen LogP contribution in [0.2, 0.25) is 0 Å². The van der Waals surface area contributed by atoms with Crippen molar-refractivity contribution in [2.24, 2.45) is 0 Å². The minimum Gasteiger partial charge on any atom is -0.456 e. The van der Waals surface area contributed by atoms with Crippen molar-refractivity contribution in [2.75, 3.05) is 29.5 Å². The molecule has 0 bridgehead atoms. The van der Waals surface area contributed by atoms with Gasteiger partial charge in [0.1, 0.15) is 11.5 Å². The Labute approximate surface area is 408 Å². The predicted octanol–water partition coefficient (Wildman–Crippen LogP) is 11.3. The van der Waals surface area contributed by atoms with Gasteiger partial charge in [-0.2, -0.15) is 31.6 Å². The molecule has 5 heterocycles. The number of allylic oxidation sites excluding steroid dienone is 2. The molecule has 5 aliphatic heterocycles. The van der Waals surface area contributed by atoms with Crippen LogP contribution >= 0.6 is 8.53 Å². The highest BCUT2D eigenvalue weighted by molar-refractivity contribution is 7.44. The van der Waals surface area contributed by atoms with Crippen LogP contribution in [0.3, 0.4) is 0 Å². The molecule has 0 aliphatic carbocycles. The minimum atomic E-state index is -5.31. The lowest BCUT2D eigenvalue weighted by molar-refractivity contribution is -0.171. The van der Waals surface area contributed by atoms with Crippen molar-refractivity contribution in [1.29, 1.82) is 5.26 Å². The molecule has 378 valence electrons. The summed E-state index contributed by atoms with van der Waals surface area (Å²) in [7, 11) is -1.54. The summed E-state index contributed by atoms with van der Waals surface area (Å²) in [6, 6.07) is 12.0. The number of fused-ring (bicyclic) bond motifs is 8. The lowest BCUT2D eigenvalue weighted by Gasteiger charge is -2.45. The summed E-state index contributed by atoms with van der Waals surface area (Å²) in [6.45, 7) is 17.9. The topological polar surface area (TPSA) is 142 Å². The molecule has 1 spiro atoms. The quantitative estimate of drug-likeness (QED) is 0.0880. The molecule has 3 aromatic rings. The van der Waals surface area contributed by atoms with Crippen molar-refractivity contribution in [3.63, 3.8) is 0 Å². The number of likely N-dealkylation sites (tertiary alicyclic amines) is 1. The number of nitriles is 1. The van der Waals surface area contributed by atoms with E-state index in [0.29, 0.717) is 33.8 Å². The Bertz CT molecular complexity index is 2720. The molecule has 5 aliphatic rings. The van der Waals surface area contributed by atoms with Crippen LogP contribution in [0.25, 0.3) is 11.1 Å². The highest BCUT2D eigenvalue weighted by atomic mass is 31.2. The Morgan fingerprint density at radius 2 is 1.28 bits per heavy atom. The molecule has 0 saturated carbocycles. The van der Waals surface area contributed by atoms with Gasteiger partial charge in [0.05, 0.1) is 53.2 Å². The summed E-state index contributed by atoms with van der Waals surface area (Å²) in [5.74, 6) is -6.00. The normalized spacial score (nSPS) is 19.2. The predicted molar refractivity (Wildman–Crippen MR) is 252 cm³/mol. The van der Waals surface area contributed by atoms with Gasteiger partial charge in [0.15, 0.2) is 5.60 Å². The van der Waals surface area contributed by atoms with E-state index < -0.39 is 61.2 Å². The third kappa shape index (κ3) is 8.88. The fourth-order valence-electron chi connectivity index (χ4n) is 10.6. The Kier molecular flexibility index (Phi) is 13.1. The van der Waals surface area contributed by atoms with Crippen molar-refractivity contribution in [3.8, 4) is 17.6 Å². The van der Waals surface area contributed by atoms with Gasteiger partial charge in [-0.25, -0.2) is 9.46 Å². The minimum absolute atomic E-state index is 0.0251. The second-order valence-corrected chi connectivity index (χ2v) is 21.5. The van der Waals surface area contributed by atoms with Crippen LogP contribution in [-0.4, -0.2) is 94.6 Å². The number of hydrogen-bond donors (Lipinski definition) is 0. The molecular formula is C51H54F6N5O8P. The molecule has 0 aromatic heterocycles. The van der Waals surface area contributed by atoms with E-state index in [1.165, 1.54) is 82.3 Å². The van der Waals surface area contributed by atoms with Gasteiger partial charge in [-0.05, 0) is 124 Å². The maximum atomic E-state index is 14.6. The molecule has 1 fully saturated rings. The van der Waals surface area contributed by atoms with Gasteiger partial charge in [-0.15, -0.1) is 0 Å². The van der Waals surface area contributed by atoms with Crippen LogP contribution in [-0.2, 0) is 29.0 Å². The molecule has 1 atom stereocenters. The first-order valence-corrected chi connectivity index (χ1v) is 24.4. The third-order valence-corrected chi connectivity index (χ3v) is 15.6. The summed E-state index contributed by atoms with van der Waals surface area (Å²) in [5, 5.41) is 9.15. The molecule has 8 rings (SSSR count). The van der Waals surface area contributed by atoms with E-state index in [1.54, 1.807) is 18.7 Å². The molecule has 3 aromatic carbocycles. The first-order valence-electron chi connectivity index (χ1n) is 23.2. The number of hydrogen-bond acceptors (Lipinski definition) is 10. The molecular weight excluding hydrogens is 956 g/mol. The number of nitrogens with zero attached hydrogens (tertiary/aromatic N) is 5. The number of alkyl halides is 6. The molecule has 0 N–H and O–H groups in total. The van der Waals surface area contributed by atoms with Crippen LogP contribution in [0, 0.1) is 11.3 Å². The second-order valence-electron chi connectivity index (χ2n) is 20.0. The molecule has 1 saturated heterocycles. The average molecular weight is 1010 g/mol. The fourth-order valence-corrected chi connectivity index (χ4v) is 12.4. The maximum Gasteiger partial charge on any atom is 0.471 e. The van der Waals surface area contributed by atoms with Crippen LogP contribution < -0.4 is 14.5 Å². The van der Waals surface area contributed by atoms with Crippen molar-refractivity contribution in [2.45, 2.75) is 136 Å². The highest BCUT2D eigenvalue weighted by Crippen LogP contribution is 2.60. The molecule has 71 heavy (non-hydrogen) atoms. The molecule has 0 radical (unpaired) electrons. The zero-order valence-corrected chi connectivity index (χ0v) is 41.8. The Hall–Kier alpha value is -5.80. The molecule has 3 amide bonds. The smallest absolute Gasteiger partial charge is 0.456 e. The third-order valence-electron chi connectivity index (χ3n) is 13.4. The van der Waals surface area contributed by atoms with Crippen LogP contribution in [0.15, 0.2) is 54.6 Å². The number of carbonyl (C=O) groups excluding carboxylic acids is 4. The van der Waals surface area contributed by atoms with Crippen LogP contribution in [0.1, 0.15) is 137 Å². The van der Waals surface area contributed by atoms with E-state index >= 15 is 0 Å². The number of benzene rings is 3. The number of carbonyl (C=O) groups is 4. The van der Waals surface area contributed by atoms with Gasteiger partial charge < -0.3 is 23.4 Å². The van der Waals surface area contributed by atoms with Crippen molar-refractivity contribution in [1.82, 2.24) is 9.57 Å². The molecule has 1 unspecified atom stereocenters. The first-order chi connectivity index (χ1) is 33.0. The standard InChI is InChI=1S/C51H54F6N5O8P/c1-27(2)62(28(3)4)71(67-19-11-16-58)70-32-14-17-59(18-15-32)43(63)31-12-13-33-36(20-31)49(69-44(33)64)37-21-34-29(5)25-47(7,8)60(45(65)50(52,53)54)39(34)23-41(37)68-42-24-40-35(22-38(42)49)30(6)26-48(9,10)61(40)46(66)51(55,56)57/h12-13,20-28,32H,11,14-15,17-19H2,1-10H3. The van der Waals surface area contributed by atoms with E-state index in [2.05, 4.69) is 10.7 Å². The molecule has 20 heteroatoms. The van der Waals surface area contributed by atoms with E-state index in [-0.39, 0.29) is 106 Å². The van der Waals surface area contributed by atoms with Gasteiger partial charge in [0, 0.05) is 70.7 Å². The van der Waals surface area contributed by atoms with Crippen molar-refractivity contribution < 1.29 is 64.0 Å². The van der Waals surface area contributed by atoms with Crippen LogP contribution in [0.4, 0.5) is 37.7 Å². The number of anilines is 2. The van der Waals surface area contributed by atoms with Gasteiger partial charge in [0.2, 0.25) is 0 Å². The van der Waals surface area contributed by atoms with E-state index in [0.717, 1.165) is 0 Å². The lowest BCUT2D eigenvalue weighted by Crippen LogP contribution is -2.54. The number of esters is 1. The summed E-state index contributed by atoms with van der Waals surface area (Å²) < 4.78 is 114. The maximum absolute atomic E-state index is 14.6. The Morgan fingerprint density at radius 3 is 1.73 bits per heavy atom. The molecule has 13 nitrogen and oxygen atoms in total. The summed E-state index contributed by atoms with van der Waals surface area (Å²) >= 11 is 0. The lowest BCUT2D eigenvalue weighted by atomic mass is 9.74. The number of piperidine rings is 1. The zero-order valence-electron chi connectivity index (χ0n) is 40.9. The summed E-state index contributed by atoms with van der Waals surface area (Å²) in [4.78, 5) is 58.2. The Balaban J connectivity index is 1.25. The first kappa shape index (κ1) is 51.6. The summed E-state index contributed by atoms with van der Waals surface area (Å²) in [6.07, 6.45) is -6.79. The highest BCUT2D eigenvalue weighted by Gasteiger charge is 2.57. The van der Waals surface area contributed by atoms with Crippen molar-refractivity contribution in [3.05, 3.63) is 93.6 Å². The monoisotopic (exact) mass is 1010 g/mol. The number of ether oxygens (including phenoxy) is 2. The summed E-state index contributed by atoms with van der Waals surface area (Å²) in [5.41, 5.74) is -3.72. The van der Waals surface area contributed by atoms with E-state index in [9.17, 15) is 45.5 Å². The SMILES string of the molecule is CC1=CC(C)(C)N(C(=O)C(F)(F)F)c2cc3c(cc21)C1(OC(=O)c2ccc(C(=O)N4CCC(OP(OCCC#N)N(C(C)C)C(C)C)CC4)cc21)c1cc2c(cc1O3)N(C(=O)C(F)(F)F)C(C)(C)C=C2C. The van der Waals surface area contributed by atoms with E-state index in [4.69, 9.17) is 23.8 Å². The number of halogens is 6. The fraction of sp³-hybridized carbons (Fsp3) is 0.471.